The van der Waals surface area contributed by atoms with Crippen molar-refractivity contribution in [2.45, 2.75) is 39.3 Å². The molecule has 0 heterocycles. The van der Waals surface area contributed by atoms with E-state index < -0.39 is 9.84 Å². The lowest BCUT2D eigenvalue weighted by atomic mass is 10.1. The maximum absolute atomic E-state index is 11.2. The third-order valence-corrected chi connectivity index (χ3v) is 4.05. The normalized spacial score (nSPS) is 14.8. The Morgan fingerprint density at radius 2 is 1.80 bits per heavy atom. The monoisotopic (exact) mass is 299 g/mol. The minimum atomic E-state index is -2.95. The van der Waals surface area contributed by atoms with Gasteiger partial charge in [0.05, 0.1) is 12.4 Å². The first-order chi connectivity index (χ1) is 9.31. The number of sulfone groups is 1. The first kappa shape index (κ1) is 17.0. The highest BCUT2D eigenvalue weighted by atomic mass is 32.2. The molecule has 4 nitrogen and oxygen atoms in total. The molecular formula is C15H25NO3S. The first-order valence-electron chi connectivity index (χ1n) is 6.98. The molecule has 1 aromatic carbocycles. The quantitative estimate of drug-likeness (QED) is 0.801. The molecule has 1 N–H and O–H groups in total. The maximum atomic E-state index is 11.2. The summed E-state index contributed by atoms with van der Waals surface area (Å²) < 4.78 is 28.0. The summed E-state index contributed by atoms with van der Waals surface area (Å²) in [5.41, 5.74) is 1.12. The lowest BCUT2D eigenvalue weighted by Crippen LogP contribution is -2.34. The highest BCUT2D eigenvalue weighted by molar-refractivity contribution is 7.90. The van der Waals surface area contributed by atoms with Crippen LogP contribution in [0.5, 0.6) is 5.75 Å². The van der Waals surface area contributed by atoms with Gasteiger partial charge in [-0.25, -0.2) is 8.42 Å². The zero-order valence-corrected chi connectivity index (χ0v) is 13.5. The number of rotatable bonds is 8. The molecule has 0 amide bonds. The zero-order valence-electron chi connectivity index (χ0n) is 12.7. The van der Waals surface area contributed by atoms with E-state index >= 15 is 0 Å². The van der Waals surface area contributed by atoms with Crippen molar-refractivity contribution in [3.8, 4) is 5.75 Å². The van der Waals surface area contributed by atoms with Crippen LogP contribution in [0, 0.1) is 0 Å². The molecular weight excluding hydrogens is 274 g/mol. The lowest BCUT2D eigenvalue weighted by molar-refractivity contribution is 0.317. The van der Waals surface area contributed by atoms with E-state index in [4.69, 9.17) is 4.74 Å². The second-order valence-corrected chi connectivity index (χ2v) is 7.48. The third kappa shape index (κ3) is 6.39. The van der Waals surface area contributed by atoms with Gasteiger partial charge in [-0.15, -0.1) is 0 Å². The van der Waals surface area contributed by atoms with Crippen LogP contribution in [0.3, 0.4) is 0 Å². The van der Waals surface area contributed by atoms with Gasteiger partial charge in [-0.1, -0.05) is 19.1 Å². The number of benzene rings is 1. The summed E-state index contributed by atoms with van der Waals surface area (Å²) in [6.07, 6.45) is 2.25. The van der Waals surface area contributed by atoms with Crippen LogP contribution in [0.25, 0.3) is 0 Å². The van der Waals surface area contributed by atoms with Crippen molar-refractivity contribution in [2.75, 3.05) is 18.6 Å². The fourth-order valence-corrected chi connectivity index (χ4v) is 3.10. The van der Waals surface area contributed by atoms with E-state index in [1.54, 1.807) is 0 Å². The predicted molar refractivity (Wildman–Crippen MR) is 83.0 cm³/mol. The van der Waals surface area contributed by atoms with E-state index in [9.17, 15) is 8.42 Å². The molecule has 2 unspecified atom stereocenters. The number of ether oxygens (including phenoxy) is 1. The second kappa shape index (κ2) is 7.64. The second-order valence-electron chi connectivity index (χ2n) is 5.30. The van der Waals surface area contributed by atoms with Gasteiger partial charge in [0.25, 0.3) is 0 Å². The van der Waals surface area contributed by atoms with Crippen molar-refractivity contribution in [1.82, 2.24) is 5.32 Å². The standard InChI is InChI=1S/C15H25NO3S/c1-5-10-19-15-8-6-14(7-9-15)13(3)16-12(2)11-20(4,17)18/h6-9,12-13,16H,5,10-11H2,1-4H3. The van der Waals surface area contributed by atoms with E-state index in [2.05, 4.69) is 12.2 Å². The lowest BCUT2D eigenvalue weighted by Gasteiger charge is -2.20. The van der Waals surface area contributed by atoms with Gasteiger partial charge in [0.2, 0.25) is 0 Å². The molecule has 0 saturated heterocycles. The highest BCUT2D eigenvalue weighted by Crippen LogP contribution is 2.18. The van der Waals surface area contributed by atoms with Crippen molar-refractivity contribution in [1.29, 1.82) is 0 Å². The van der Waals surface area contributed by atoms with Gasteiger partial charge in [0.1, 0.15) is 15.6 Å². The molecule has 0 aliphatic carbocycles. The van der Waals surface area contributed by atoms with Crippen molar-refractivity contribution in [2.24, 2.45) is 0 Å². The molecule has 2 atom stereocenters. The Hall–Kier alpha value is -1.07. The molecule has 114 valence electrons. The van der Waals surface area contributed by atoms with Crippen molar-refractivity contribution in [3.63, 3.8) is 0 Å². The summed E-state index contributed by atoms with van der Waals surface area (Å²) in [6, 6.07) is 7.95. The minimum Gasteiger partial charge on any atom is -0.494 e. The fourth-order valence-electron chi connectivity index (χ4n) is 2.10. The van der Waals surface area contributed by atoms with Crippen LogP contribution in [-0.2, 0) is 9.84 Å². The molecule has 0 radical (unpaired) electrons. The maximum Gasteiger partial charge on any atom is 0.148 e. The fraction of sp³-hybridized carbons (Fsp3) is 0.600. The van der Waals surface area contributed by atoms with Crippen LogP contribution in [0.1, 0.15) is 38.8 Å². The Kier molecular flexibility index (Phi) is 6.49. The molecule has 0 saturated carbocycles. The van der Waals surface area contributed by atoms with Gasteiger partial charge in [0.15, 0.2) is 0 Å². The largest absolute Gasteiger partial charge is 0.494 e. The van der Waals surface area contributed by atoms with Gasteiger partial charge in [-0.3, -0.25) is 0 Å². The van der Waals surface area contributed by atoms with Crippen LogP contribution in [0.4, 0.5) is 0 Å². The van der Waals surface area contributed by atoms with Gasteiger partial charge in [0, 0.05) is 18.3 Å². The van der Waals surface area contributed by atoms with Crippen LogP contribution >= 0.6 is 0 Å². The number of hydrogen-bond acceptors (Lipinski definition) is 4. The number of nitrogens with one attached hydrogen (secondary N) is 1. The highest BCUT2D eigenvalue weighted by Gasteiger charge is 2.14. The third-order valence-electron chi connectivity index (χ3n) is 2.94. The Balaban J connectivity index is 2.56. The molecule has 1 rings (SSSR count). The van der Waals surface area contributed by atoms with E-state index in [-0.39, 0.29) is 17.8 Å². The number of hydrogen-bond donors (Lipinski definition) is 1. The van der Waals surface area contributed by atoms with Gasteiger partial charge < -0.3 is 10.1 Å². The van der Waals surface area contributed by atoms with Gasteiger partial charge in [-0.2, -0.15) is 0 Å². The average molecular weight is 299 g/mol. The summed E-state index contributed by atoms with van der Waals surface area (Å²) >= 11 is 0. The molecule has 20 heavy (non-hydrogen) atoms. The molecule has 0 aliphatic rings. The molecule has 5 heteroatoms. The molecule has 0 aliphatic heterocycles. The van der Waals surface area contributed by atoms with Crippen molar-refractivity contribution >= 4 is 9.84 Å². The van der Waals surface area contributed by atoms with Gasteiger partial charge >= 0.3 is 0 Å². The van der Waals surface area contributed by atoms with Crippen LogP contribution in [-0.4, -0.2) is 33.1 Å². The smallest absolute Gasteiger partial charge is 0.148 e. The average Bonchev–Trinajstić information content (AvgIpc) is 2.34. The molecule has 0 aromatic heterocycles. The summed E-state index contributed by atoms with van der Waals surface area (Å²) in [6.45, 7) is 6.71. The van der Waals surface area contributed by atoms with Gasteiger partial charge in [-0.05, 0) is 38.0 Å². The minimum absolute atomic E-state index is 0.0731. The van der Waals surface area contributed by atoms with E-state index in [0.29, 0.717) is 0 Å². The van der Waals surface area contributed by atoms with E-state index in [1.807, 2.05) is 38.1 Å². The summed E-state index contributed by atoms with van der Waals surface area (Å²) in [4.78, 5) is 0. The van der Waals surface area contributed by atoms with E-state index in [0.717, 1.165) is 24.3 Å². The molecule has 0 bridgehead atoms. The Bertz CT molecular complexity index is 496. The predicted octanol–water partition coefficient (Wildman–Crippen LogP) is 2.56. The molecule has 1 aromatic rings. The van der Waals surface area contributed by atoms with Crippen LogP contribution in [0.2, 0.25) is 0 Å². The SMILES string of the molecule is CCCOc1ccc(C(C)NC(C)CS(C)(=O)=O)cc1. The van der Waals surface area contributed by atoms with Crippen molar-refractivity contribution < 1.29 is 13.2 Å². The Morgan fingerprint density at radius 3 is 2.30 bits per heavy atom. The topological polar surface area (TPSA) is 55.4 Å². The summed E-state index contributed by atoms with van der Waals surface area (Å²) in [5.74, 6) is 1.02. The van der Waals surface area contributed by atoms with Crippen LogP contribution < -0.4 is 10.1 Å². The first-order valence-corrected chi connectivity index (χ1v) is 9.04. The zero-order chi connectivity index (χ0) is 15.2. The summed E-state index contributed by atoms with van der Waals surface area (Å²) in [5, 5.41) is 3.30. The summed E-state index contributed by atoms with van der Waals surface area (Å²) in [7, 11) is -2.95. The van der Waals surface area contributed by atoms with Crippen LogP contribution in [0.15, 0.2) is 24.3 Å². The van der Waals surface area contributed by atoms with Crippen molar-refractivity contribution in [3.05, 3.63) is 29.8 Å². The molecule has 0 fully saturated rings. The Labute approximate surface area is 122 Å². The van der Waals surface area contributed by atoms with E-state index in [1.165, 1.54) is 6.26 Å². The Morgan fingerprint density at radius 1 is 1.20 bits per heavy atom. The molecule has 0 spiro atoms.